The summed E-state index contributed by atoms with van der Waals surface area (Å²) in [6.07, 6.45) is 56.4. The predicted molar refractivity (Wildman–Crippen MR) is 355 cm³/mol. The smallest absolute Gasteiger partial charge is 0.234 e. The second kappa shape index (κ2) is 58.6. The normalized spacial score (nSPS) is 23.8. The lowest BCUT2D eigenvalue weighted by molar-refractivity contribution is -0.128. The van der Waals surface area contributed by atoms with Gasteiger partial charge in [-0.25, -0.2) is 5.43 Å². The maximum absolute atomic E-state index is 13.0. The fraction of sp³-hybridized carbons (Fsp3) is 0.918. The molecule has 5 nitrogen and oxygen atoms in total. The third kappa shape index (κ3) is 39.7. The van der Waals surface area contributed by atoms with E-state index in [0.29, 0.717) is 41.5 Å². The molecule has 0 spiro atoms. The Hall–Kier alpha value is -1.62. The van der Waals surface area contributed by atoms with Gasteiger partial charge in [0, 0.05) is 24.9 Å². The van der Waals surface area contributed by atoms with Crippen LogP contribution < -0.4 is 16.2 Å². The molecule has 8 unspecified atom stereocenters. The molecule has 3 N–H and O–H groups in total. The highest BCUT2D eigenvalue weighted by Gasteiger charge is 2.60. The summed E-state index contributed by atoms with van der Waals surface area (Å²) in [7, 11) is 0. The maximum Gasteiger partial charge on any atom is 0.234 e. The van der Waals surface area contributed by atoms with Crippen LogP contribution in [0.4, 0.5) is 0 Å². The van der Waals surface area contributed by atoms with Gasteiger partial charge in [-0.05, 0) is 176 Å². The van der Waals surface area contributed by atoms with E-state index >= 15 is 0 Å². The number of unbranched alkanes of at least 4 members (excludes halogenated alkanes) is 17. The van der Waals surface area contributed by atoms with Crippen LogP contribution in [0, 0.1) is 46.3 Å². The summed E-state index contributed by atoms with van der Waals surface area (Å²) in [4.78, 5) is 25.4. The van der Waals surface area contributed by atoms with E-state index < -0.39 is 0 Å². The number of hydrazine groups is 1. The van der Waals surface area contributed by atoms with E-state index in [0.717, 1.165) is 42.4 Å². The topological polar surface area (TPSA) is 70.2 Å². The van der Waals surface area contributed by atoms with Gasteiger partial charge in [-0.1, -0.05) is 258 Å². The highest BCUT2D eigenvalue weighted by Crippen LogP contribution is 2.68. The second-order valence-corrected chi connectivity index (χ2v) is 24.9. The van der Waals surface area contributed by atoms with Crippen LogP contribution >= 0.6 is 0 Å². The molecule has 2 amide bonds. The Balaban J connectivity index is -0.000000811. The number of allylic oxidation sites excluding steroid dienone is 4. The van der Waals surface area contributed by atoms with Crippen LogP contribution in [0.3, 0.4) is 0 Å². The SMILES string of the molecule is CC.CC.CCC.CCC.CCC.CCC.CCCC/C=C\CCCCCC.CCCCCCCC/C=C\CCCCCCCC(=O)NC1CCC2(C)C(CCC3C2CCC2(C)C3CCC2[C@H](C)CCC(=O)NNC(C)C)C1. The summed E-state index contributed by atoms with van der Waals surface area (Å²) in [6.45, 7) is 43.6. The van der Waals surface area contributed by atoms with E-state index in [1.54, 1.807) is 0 Å². The van der Waals surface area contributed by atoms with Gasteiger partial charge < -0.3 is 5.32 Å². The standard InChI is InChI=1S/C45H81N3O2.C12H24.4C3H8.2C2H6/c1-7-8-9-10-11-12-13-14-15-16-17-18-19-20-21-22-42(49)46-37-29-31-44(5)36(33-37)24-25-38-40-27-26-39(45(40,6)32-30-41(38)44)35(4)23-28-43(50)48-47-34(2)3;1-3-5-7-9-11-12-10-8-6-4-2;4*1-3-2;2*1-2/h14-15,34-41,47H,7-13,16-33H2,1-6H3,(H,46,49)(H,48,50);9,11H,3-8,10,12H2,1-2H3;4*3H2,1-2H3;2*1-2H3/b15-14-;11-9-;;;;;;/t35-,36?,37?,38?,39?,40?,41?,44?,45?;;;;;;;/m1......./s1. The van der Waals surface area contributed by atoms with Crippen LogP contribution in [-0.4, -0.2) is 23.9 Å². The molecule has 9 atom stereocenters. The van der Waals surface area contributed by atoms with Crippen LogP contribution in [0.5, 0.6) is 0 Å². The number of carbonyl (C=O) groups is 2. The highest BCUT2D eigenvalue weighted by atomic mass is 16.2. The minimum atomic E-state index is 0.134. The molecule has 0 aromatic carbocycles. The molecule has 4 rings (SSSR count). The molecule has 0 aromatic rings. The number of hydrogen-bond donors (Lipinski definition) is 3. The molecule has 4 fully saturated rings. The zero-order valence-corrected chi connectivity index (χ0v) is 57.4. The number of hydrogen-bond acceptors (Lipinski definition) is 3. The molecule has 0 radical (unpaired) electrons. The molecule has 0 aromatic heterocycles. The van der Waals surface area contributed by atoms with Crippen LogP contribution in [0.25, 0.3) is 0 Å². The largest absolute Gasteiger partial charge is 0.353 e. The molecule has 4 aliphatic carbocycles. The van der Waals surface area contributed by atoms with Gasteiger partial charge in [-0.2, -0.15) is 0 Å². The Morgan fingerprint density at radius 3 is 1.38 bits per heavy atom. The van der Waals surface area contributed by atoms with E-state index in [2.05, 4.69) is 151 Å². The molecule has 0 aliphatic heterocycles. The lowest BCUT2D eigenvalue weighted by Gasteiger charge is -2.61. The molecule has 5 heteroatoms. The number of nitrogens with one attached hydrogen (secondary N) is 3. The highest BCUT2D eigenvalue weighted by molar-refractivity contribution is 5.76. The Bertz CT molecular complexity index is 1300. The van der Waals surface area contributed by atoms with Crippen molar-refractivity contribution in [2.75, 3.05) is 0 Å². The first-order valence-corrected chi connectivity index (χ1v) is 35.3. The van der Waals surface area contributed by atoms with Crippen molar-refractivity contribution in [2.45, 2.75) is 388 Å². The van der Waals surface area contributed by atoms with Crippen molar-refractivity contribution in [1.29, 1.82) is 0 Å². The van der Waals surface area contributed by atoms with Crippen molar-refractivity contribution in [3.8, 4) is 0 Å². The van der Waals surface area contributed by atoms with Gasteiger partial charge in [-0.3, -0.25) is 15.0 Å². The van der Waals surface area contributed by atoms with Gasteiger partial charge in [0.25, 0.3) is 0 Å². The van der Waals surface area contributed by atoms with Crippen LogP contribution in [0.1, 0.15) is 376 Å². The number of amides is 2. The van der Waals surface area contributed by atoms with Crippen LogP contribution in [0.2, 0.25) is 0 Å². The molecule has 4 saturated carbocycles. The Morgan fingerprint density at radius 1 is 0.474 bits per heavy atom. The second-order valence-electron chi connectivity index (χ2n) is 24.9. The van der Waals surface area contributed by atoms with Crippen molar-refractivity contribution < 1.29 is 9.59 Å². The van der Waals surface area contributed by atoms with Gasteiger partial charge in [0.2, 0.25) is 11.8 Å². The van der Waals surface area contributed by atoms with Crippen LogP contribution in [-0.2, 0) is 9.59 Å². The monoisotopic (exact) mass is 1100 g/mol. The lowest BCUT2D eigenvalue weighted by atomic mass is 9.44. The van der Waals surface area contributed by atoms with Crippen molar-refractivity contribution in [3.05, 3.63) is 24.3 Å². The number of fused-ring (bicyclic) bond motifs is 5. The molecule has 4 aliphatic rings. The van der Waals surface area contributed by atoms with Gasteiger partial charge >= 0.3 is 0 Å². The quantitative estimate of drug-likeness (QED) is 0.0381. The zero-order valence-electron chi connectivity index (χ0n) is 57.4. The number of rotatable bonds is 30. The lowest BCUT2D eigenvalue weighted by Crippen LogP contribution is -2.55. The van der Waals surface area contributed by atoms with Crippen molar-refractivity contribution in [1.82, 2.24) is 16.2 Å². The summed E-state index contributed by atoms with van der Waals surface area (Å²) in [5.41, 5.74) is 6.84. The summed E-state index contributed by atoms with van der Waals surface area (Å²) >= 11 is 0. The average Bonchev–Trinajstić information content (AvgIpc) is 3.79. The zero-order chi connectivity index (χ0) is 59.9. The molecular formula is C73H149N3O2. The maximum atomic E-state index is 13.0. The Labute approximate surface area is 494 Å². The summed E-state index contributed by atoms with van der Waals surface area (Å²) in [5.74, 6) is 5.13. The van der Waals surface area contributed by atoms with Gasteiger partial charge in [0.1, 0.15) is 0 Å². The first-order chi connectivity index (χ1) is 37.7. The van der Waals surface area contributed by atoms with Gasteiger partial charge in [0.05, 0.1) is 0 Å². The summed E-state index contributed by atoms with van der Waals surface area (Å²) < 4.78 is 0. The van der Waals surface area contributed by atoms with Crippen molar-refractivity contribution >= 4 is 11.8 Å². The third-order valence-corrected chi connectivity index (χ3v) is 16.9. The Morgan fingerprint density at radius 2 is 0.897 bits per heavy atom. The minimum absolute atomic E-state index is 0.134. The first kappa shape index (κ1) is 82.8. The molecule has 0 bridgehead atoms. The minimum Gasteiger partial charge on any atom is -0.353 e. The van der Waals surface area contributed by atoms with E-state index in [-0.39, 0.29) is 11.9 Å². The van der Waals surface area contributed by atoms with Crippen molar-refractivity contribution in [2.24, 2.45) is 46.3 Å². The molecular weight excluding hydrogens is 951 g/mol. The van der Waals surface area contributed by atoms with E-state index in [4.69, 9.17) is 0 Å². The third-order valence-electron chi connectivity index (χ3n) is 16.9. The fourth-order valence-electron chi connectivity index (χ4n) is 13.1. The van der Waals surface area contributed by atoms with E-state index in [1.807, 2.05) is 27.7 Å². The van der Waals surface area contributed by atoms with Gasteiger partial charge in [-0.15, -0.1) is 0 Å². The van der Waals surface area contributed by atoms with E-state index in [1.165, 1.54) is 212 Å². The number of carbonyl (C=O) groups excluding carboxylic acids is 2. The Kier molecular flexibility index (Phi) is 62.2. The van der Waals surface area contributed by atoms with Crippen molar-refractivity contribution in [3.63, 3.8) is 0 Å². The van der Waals surface area contributed by atoms with E-state index in [9.17, 15) is 9.59 Å². The average molecular weight is 1100 g/mol. The predicted octanol–water partition coefficient (Wildman–Crippen LogP) is 24.0. The molecule has 0 heterocycles. The van der Waals surface area contributed by atoms with Crippen LogP contribution in [0.15, 0.2) is 24.3 Å². The molecule has 78 heavy (non-hydrogen) atoms. The fourth-order valence-corrected chi connectivity index (χ4v) is 13.1. The van der Waals surface area contributed by atoms with Gasteiger partial charge in [0.15, 0.2) is 0 Å². The molecule has 0 saturated heterocycles. The summed E-state index contributed by atoms with van der Waals surface area (Å²) in [6, 6.07) is 0.651. The molecule has 468 valence electrons. The first-order valence-electron chi connectivity index (χ1n) is 35.3. The summed E-state index contributed by atoms with van der Waals surface area (Å²) in [5, 5.41) is 3.50.